The van der Waals surface area contributed by atoms with Crippen LogP contribution >= 0.6 is 11.8 Å². The Kier molecular flexibility index (Phi) is 6.14. The number of carbonyl (C=O) groups excluding carboxylic acids is 1. The predicted octanol–water partition coefficient (Wildman–Crippen LogP) is 4.97. The molecule has 0 saturated heterocycles. The van der Waals surface area contributed by atoms with E-state index in [1.165, 1.54) is 23.9 Å². The fourth-order valence-electron chi connectivity index (χ4n) is 3.13. The molecule has 1 amide bonds. The van der Waals surface area contributed by atoms with Crippen LogP contribution in [0.1, 0.15) is 10.4 Å². The van der Waals surface area contributed by atoms with Crippen LogP contribution in [0.15, 0.2) is 96.3 Å². The van der Waals surface area contributed by atoms with E-state index >= 15 is 0 Å². The number of aromatic carboxylic acids is 1. The maximum absolute atomic E-state index is 12.5. The molecule has 0 unspecified atom stereocenters. The molecule has 0 aliphatic heterocycles. The molecule has 4 aromatic rings. The number of thioether (sulfide) groups is 1. The molecule has 0 atom stereocenters. The molecule has 0 bridgehead atoms. The van der Waals surface area contributed by atoms with Gasteiger partial charge in [0.15, 0.2) is 5.16 Å². The van der Waals surface area contributed by atoms with Crippen molar-refractivity contribution >= 4 is 29.3 Å². The summed E-state index contributed by atoms with van der Waals surface area (Å²) >= 11 is 1.32. The fraction of sp³-hybridized carbons (Fsp3) is 0.0417. The number of hydrogen-bond donors (Lipinski definition) is 2. The van der Waals surface area contributed by atoms with E-state index in [9.17, 15) is 9.59 Å². The SMILES string of the molecule is O=C(CSc1ncc(-c2ccccc2)n1-c1ccccc1)Nc1cccc(C(=O)O)c1. The smallest absolute Gasteiger partial charge is 0.335 e. The number of amides is 1. The van der Waals surface area contributed by atoms with Gasteiger partial charge in [-0.1, -0.05) is 66.4 Å². The van der Waals surface area contributed by atoms with Crippen molar-refractivity contribution in [2.45, 2.75) is 5.16 Å². The maximum Gasteiger partial charge on any atom is 0.335 e. The van der Waals surface area contributed by atoms with Gasteiger partial charge in [-0.2, -0.15) is 0 Å². The van der Waals surface area contributed by atoms with Crippen molar-refractivity contribution in [2.24, 2.45) is 0 Å². The predicted molar refractivity (Wildman–Crippen MR) is 122 cm³/mol. The number of carboxylic acids is 1. The first-order valence-corrected chi connectivity index (χ1v) is 10.5. The molecule has 31 heavy (non-hydrogen) atoms. The first-order chi connectivity index (χ1) is 15.1. The summed E-state index contributed by atoms with van der Waals surface area (Å²) in [5.74, 6) is -1.14. The molecule has 0 saturated carbocycles. The molecular formula is C24H19N3O3S. The zero-order valence-corrected chi connectivity index (χ0v) is 17.3. The monoisotopic (exact) mass is 429 g/mol. The van der Waals surface area contributed by atoms with Crippen molar-refractivity contribution in [3.63, 3.8) is 0 Å². The second-order valence-electron chi connectivity index (χ2n) is 6.69. The highest BCUT2D eigenvalue weighted by atomic mass is 32.2. The summed E-state index contributed by atoms with van der Waals surface area (Å²) in [6.07, 6.45) is 1.80. The van der Waals surface area contributed by atoms with Crippen molar-refractivity contribution < 1.29 is 14.7 Å². The zero-order valence-electron chi connectivity index (χ0n) is 16.4. The van der Waals surface area contributed by atoms with Crippen molar-refractivity contribution in [3.05, 3.63) is 96.7 Å². The lowest BCUT2D eigenvalue weighted by atomic mass is 10.1. The number of nitrogens with zero attached hydrogens (tertiary/aromatic N) is 2. The van der Waals surface area contributed by atoms with Crippen LogP contribution in [0, 0.1) is 0 Å². The Morgan fingerprint density at radius 1 is 0.935 bits per heavy atom. The van der Waals surface area contributed by atoms with Gasteiger partial charge in [-0.15, -0.1) is 0 Å². The highest BCUT2D eigenvalue weighted by molar-refractivity contribution is 7.99. The quantitative estimate of drug-likeness (QED) is 0.405. The van der Waals surface area contributed by atoms with Gasteiger partial charge in [0.25, 0.3) is 0 Å². The highest BCUT2D eigenvalue weighted by Crippen LogP contribution is 2.29. The van der Waals surface area contributed by atoms with Crippen LogP contribution in [0.25, 0.3) is 16.9 Å². The lowest BCUT2D eigenvalue weighted by molar-refractivity contribution is -0.113. The molecule has 3 aromatic carbocycles. The normalized spacial score (nSPS) is 10.6. The summed E-state index contributed by atoms with van der Waals surface area (Å²) < 4.78 is 2.03. The molecule has 0 aliphatic rings. The molecule has 7 heteroatoms. The Labute approximate surface area is 183 Å². The summed E-state index contributed by atoms with van der Waals surface area (Å²) in [4.78, 5) is 28.1. The van der Waals surface area contributed by atoms with E-state index in [4.69, 9.17) is 5.11 Å². The maximum atomic E-state index is 12.5. The number of imidazole rings is 1. The van der Waals surface area contributed by atoms with Crippen LogP contribution in [0.4, 0.5) is 5.69 Å². The van der Waals surface area contributed by atoms with Crippen molar-refractivity contribution in [1.82, 2.24) is 9.55 Å². The Hall–Kier alpha value is -3.84. The molecular weight excluding hydrogens is 410 g/mol. The molecule has 4 rings (SSSR count). The summed E-state index contributed by atoms with van der Waals surface area (Å²) in [7, 11) is 0. The van der Waals surface area contributed by atoms with Gasteiger partial charge in [0.1, 0.15) is 0 Å². The molecule has 154 valence electrons. The van der Waals surface area contributed by atoms with E-state index in [1.807, 2.05) is 65.2 Å². The number of hydrogen-bond acceptors (Lipinski definition) is 4. The largest absolute Gasteiger partial charge is 0.478 e. The van der Waals surface area contributed by atoms with E-state index in [2.05, 4.69) is 10.3 Å². The van der Waals surface area contributed by atoms with E-state index in [-0.39, 0.29) is 17.2 Å². The molecule has 0 spiro atoms. The van der Waals surface area contributed by atoms with Gasteiger partial charge in [-0.3, -0.25) is 9.36 Å². The number of rotatable bonds is 7. The third kappa shape index (κ3) is 4.84. The minimum absolute atomic E-state index is 0.123. The lowest BCUT2D eigenvalue weighted by Gasteiger charge is -2.12. The number of carbonyl (C=O) groups is 2. The number of carboxylic acid groups (broad SMARTS) is 1. The first-order valence-electron chi connectivity index (χ1n) is 9.56. The summed E-state index contributed by atoms with van der Waals surface area (Å²) in [6, 6.07) is 26.0. The lowest BCUT2D eigenvalue weighted by Crippen LogP contribution is -2.15. The molecule has 1 heterocycles. The summed E-state index contributed by atoms with van der Waals surface area (Å²) in [5.41, 5.74) is 3.49. The molecule has 0 aliphatic carbocycles. The Morgan fingerprint density at radius 3 is 2.35 bits per heavy atom. The van der Waals surface area contributed by atoms with Gasteiger partial charge in [0.2, 0.25) is 5.91 Å². The highest BCUT2D eigenvalue weighted by Gasteiger charge is 2.15. The van der Waals surface area contributed by atoms with Gasteiger partial charge < -0.3 is 10.4 Å². The Bertz CT molecular complexity index is 1210. The molecule has 0 fully saturated rings. The van der Waals surface area contributed by atoms with Crippen LogP contribution in [-0.2, 0) is 4.79 Å². The molecule has 2 N–H and O–H groups in total. The van der Waals surface area contributed by atoms with Crippen LogP contribution in [0.5, 0.6) is 0 Å². The van der Waals surface area contributed by atoms with Gasteiger partial charge in [-0.05, 0) is 30.3 Å². The Balaban J connectivity index is 1.55. The average molecular weight is 430 g/mol. The number of benzene rings is 3. The van der Waals surface area contributed by atoms with Gasteiger partial charge in [0, 0.05) is 16.9 Å². The van der Waals surface area contributed by atoms with Gasteiger partial charge in [0.05, 0.1) is 23.2 Å². The minimum atomic E-state index is -1.04. The van der Waals surface area contributed by atoms with E-state index in [0.29, 0.717) is 10.8 Å². The van der Waals surface area contributed by atoms with Crippen LogP contribution in [0.2, 0.25) is 0 Å². The topological polar surface area (TPSA) is 84.2 Å². The van der Waals surface area contributed by atoms with Crippen LogP contribution < -0.4 is 5.32 Å². The van der Waals surface area contributed by atoms with E-state index < -0.39 is 5.97 Å². The van der Waals surface area contributed by atoms with Crippen molar-refractivity contribution in [3.8, 4) is 16.9 Å². The minimum Gasteiger partial charge on any atom is -0.478 e. The molecule has 6 nitrogen and oxygen atoms in total. The number of anilines is 1. The van der Waals surface area contributed by atoms with Crippen LogP contribution in [0.3, 0.4) is 0 Å². The molecule has 1 aromatic heterocycles. The second kappa shape index (κ2) is 9.32. The van der Waals surface area contributed by atoms with E-state index in [0.717, 1.165) is 16.9 Å². The summed E-state index contributed by atoms with van der Waals surface area (Å²) in [6.45, 7) is 0. The van der Waals surface area contributed by atoms with E-state index in [1.54, 1.807) is 18.3 Å². The average Bonchev–Trinajstić information content (AvgIpc) is 3.23. The van der Waals surface area contributed by atoms with Crippen LogP contribution in [-0.4, -0.2) is 32.3 Å². The number of aromatic nitrogens is 2. The van der Waals surface area contributed by atoms with Gasteiger partial charge in [-0.25, -0.2) is 9.78 Å². The number of para-hydroxylation sites is 1. The fourth-order valence-corrected chi connectivity index (χ4v) is 3.93. The molecule has 0 radical (unpaired) electrons. The summed E-state index contributed by atoms with van der Waals surface area (Å²) in [5, 5.41) is 12.5. The van der Waals surface area contributed by atoms with Gasteiger partial charge >= 0.3 is 5.97 Å². The standard InChI is InChI=1S/C24H19N3O3S/c28-22(26-19-11-7-10-18(14-19)23(29)30)16-31-24-25-15-21(17-8-3-1-4-9-17)27(24)20-12-5-2-6-13-20/h1-15H,16H2,(H,26,28)(H,29,30). The Morgan fingerprint density at radius 2 is 1.65 bits per heavy atom. The zero-order chi connectivity index (χ0) is 21.6. The first kappa shape index (κ1) is 20.4. The third-order valence-electron chi connectivity index (χ3n) is 4.54. The third-order valence-corrected chi connectivity index (χ3v) is 5.49. The van der Waals surface area contributed by atoms with Crippen molar-refractivity contribution in [1.29, 1.82) is 0 Å². The number of nitrogens with one attached hydrogen (secondary N) is 1. The van der Waals surface area contributed by atoms with Crippen molar-refractivity contribution in [2.75, 3.05) is 11.1 Å². The second-order valence-corrected chi connectivity index (χ2v) is 7.63.